The van der Waals surface area contributed by atoms with Gasteiger partial charge < -0.3 is 10.1 Å². The normalized spacial score (nSPS) is 27.5. The zero-order chi connectivity index (χ0) is 16.4. The average Bonchev–Trinajstić information content (AvgIpc) is 3.16. The van der Waals surface area contributed by atoms with Gasteiger partial charge in [-0.25, -0.2) is 4.68 Å². The van der Waals surface area contributed by atoms with Gasteiger partial charge in [0.15, 0.2) is 0 Å². The molecule has 3 heterocycles. The number of piperazine rings is 1. The molecule has 1 unspecified atom stereocenters. The van der Waals surface area contributed by atoms with E-state index in [2.05, 4.69) is 20.5 Å². The van der Waals surface area contributed by atoms with E-state index < -0.39 is 0 Å². The van der Waals surface area contributed by atoms with E-state index in [1.807, 2.05) is 10.9 Å². The fraction of sp³-hybridized carbons (Fsp3) is 0.824. The molecule has 1 aliphatic carbocycles. The van der Waals surface area contributed by atoms with Gasteiger partial charge in [0.2, 0.25) is 5.91 Å². The first kappa shape index (κ1) is 16.0. The van der Waals surface area contributed by atoms with Crippen LogP contribution in [0.4, 0.5) is 0 Å². The van der Waals surface area contributed by atoms with Crippen molar-refractivity contribution in [3.05, 3.63) is 11.9 Å². The molecule has 24 heavy (non-hydrogen) atoms. The molecule has 3 fully saturated rings. The molecule has 1 saturated carbocycles. The Kier molecular flexibility index (Phi) is 4.54. The Balaban J connectivity index is 1.30. The van der Waals surface area contributed by atoms with Crippen molar-refractivity contribution in [2.24, 2.45) is 5.41 Å². The Hall–Kier alpha value is -1.47. The Morgan fingerprint density at radius 1 is 1.33 bits per heavy atom. The summed E-state index contributed by atoms with van der Waals surface area (Å²) in [6, 6.07) is 0. The molecule has 1 N–H and O–H groups in total. The van der Waals surface area contributed by atoms with Crippen LogP contribution in [0, 0.1) is 5.41 Å². The van der Waals surface area contributed by atoms with Gasteiger partial charge in [0, 0.05) is 25.8 Å². The van der Waals surface area contributed by atoms with Crippen LogP contribution in [-0.4, -0.2) is 58.1 Å². The van der Waals surface area contributed by atoms with Crippen LogP contribution in [0.3, 0.4) is 0 Å². The molecule has 132 valence electrons. The van der Waals surface area contributed by atoms with Crippen LogP contribution in [-0.2, 0) is 22.6 Å². The second-order valence-corrected chi connectivity index (χ2v) is 7.69. The summed E-state index contributed by atoms with van der Waals surface area (Å²) in [4.78, 5) is 13.5. The van der Waals surface area contributed by atoms with Gasteiger partial charge in [-0.05, 0) is 24.7 Å². The molecule has 2 saturated heterocycles. The summed E-state index contributed by atoms with van der Waals surface area (Å²) in [7, 11) is 0. The summed E-state index contributed by atoms with van der Waals surface area (Å²) in [5.74, 6) is 0.0887. The van der Waals surface area contributed by atoms with Gasteiger partial charge in [-0.3, -0.25) is 9.69 Å². The molecule has 1 atom stereocenters. The van der Waals surface area contributed by atoms with E-state index in [0.717, 1.165) is 31.8 Å². The highest BCUT2D eigenvalue weighted by Gasteiger charge is 2.40. The summed E-state index contributed by atoms with van der Waals surface area (Å²) < 4.78 is 7.98. The van der Waals surface area contributed by atoms with Crippen LogP contribution < -0.4 is 5.32 Å². The van der Waals surface area contributed by atoms with E-state index in [-0.39, 0.29) is 12.0 Å². The number of ether oxygens (including phenoxy) is 1. The third-order valence-electron chi connectivity index (χ3n) is 5.68. The summed E-state index contributed by atoms with van der Waals surface area (Å²) in [6.45, 7) is 4.42. The topological polar surface area (TPSA) is 72.3 Å². The van der Waals surface area contributed by atoms with Crippen LogP contribution in [0.1, 0.15) is 44.2 Å². The third-order valence-corrected chi connectivity index (χ3v) is 5.68. The molecule has 0 bridgehead atoms. The molecule has 1 aromatic rings. The third kappa shape index (κ3) is 3.62. The van der Waals surface area contributed by atoms with Crippen molar-refractivity contribution in [1.29, 1.82) is 0 Å². The van der Waals surface area contributed by atoms with Gasteiger partial charge in [0.05, 0.1) is 31.5 Å². The molecule has 4 rings (SSSR count). The van der Waals surface area contributed by atoms with Crippen molar-refractivity contribution < 1.29 is 9.53 Å². The maximum atomic E-state index is 11.4. The van der Waals surface area contributed by atoms with E-state index in [4.69, 9.17) is 4.74 Å². The van der Waals surface area contributed by atoms with Crippen LogP contribution in [0.15, 0.2) is 6.20 Å². The number of amides is 1. The summed E-state index contributed by atoms with van der Waals surface area (Å²) in [6.07, 6.45) is 10.2. The van der Waals surface area contributed by atoms with Crippen LogP contribution >= 0.6 is 0 Å². The van der Waals surface area contributed by atoms with Gasteiger partial charge in [0.25, 0.3) is 0 Å². The smallest absolute Gasteiger partial charge is 0.234 e. The minimum absolute atomic E-state index is 0.0887. The van der Waals surface area contributed by atoms with Crippen LogP contribution in [0.25, 0.3) is 0 Å². The van der Waals surface area contributed by atoms with E-state index >= 15 is 0 Å². The van der Waals surface area contributed by atoms with Crippen molar-refractivity contribution in [3.8, 4) is 0 Å². The number of hydrogen-bond donors (Lipinski definition) is 1. The Labute approximate surface area is 142 Å². The summed E-state index contributed by atoms with van der Waals surface area (Å²) in [5.41, 5.74) is 1.36. The lowest BCUT2D eigenvalue weighted by atomic mass is 9.73. The summed E-state index contributed by atoms with van der Waals surface area (Å²) >= 11 is 0. The maximum absolute atomic E-state index is 11.4. The molecular weight excluding hydrogens is 306 g/mol. The minimum atomic E-state index is 0.0887. The van der Waals surface area contributed by atoms with E-state index in [1.54, 1.807) is 0 Å². The molecule has 2 aliphatic heterocycles. The second kappa shape index (κ2) is 6.80. The van der Waals surface area contributed by atoms with E-state index in [9.17, 15) is 4.79 Å². The molecule has 7 heteroatoms. The van der Waals surface area contributed by atoms with Crippen molar-refractivity contribution >= 4 is 5.91 Å². The van der Waals surface area contributed by atoms with Crippen LogP contribution in [0.2, 0.25) is 0 Å². The Morgan fingerprint density at radius 2 is 2.21 bits per heavy atom. The lowest BCUT2D eigenvalue weighted by Crippen LogP contribution is -2.47. The number of carbonyl (C=O) groups is 1. The van der Waals surface area contributed by atoms with E-state index in [0.29, 0.717) is 25.0 Å². The Morgan fingerprint density at radius 3 is 3.04 bits per heavy atom. The van der Waals surface area contributed by atoms with Gasteiger partial charge in [0.1, 0.15) is 0 Å². The van der Waals surface area contributed by atoms with Crippen molar-refractivity contribution in [3.63, 3.8) is 0 Å². The zero-order valence-electron chi connectivity index (χ0n) is 14.2. The lowest BCUT2D eigenvalue weighted by molar-refractivity contribution is -0.124. The number of aromatic nitrogens is 3. The number of carbonyl (C=O) groups excluding carboxylic acids is 1. The molecular formula is C17H27N5O2. The molecule has 1 amide bonds. The van der Waals surface area contributed by atoms with Crippen LogP contribution in [0.5, 0.6) is 0 Å². The van der Waals surface area contributed by atoms with Crippen molar-refractivity contribution in [2.45, 2.75) is 57.7 Å². The van der Waals surface area contributed by atoms with Gasteiger partial charge >= 0.3 is 0 Å². The SMILES string of the molecule is O=C1CN(Cc2cn(CC3CC4(CCCCC4)CO3)nn2)CCN1. The van der Waals surface area contributed by atoms with Gasteiger partial charge in [-0.2, -0.15) is 0 Å². The van der Waals surface area contributed by atoms with E-state index in [1.165, 1.54) is 32.1 Å². The molecule has 7 nitrogen and oxygen atoms in total. The van der Waals surface area contributed by atoms with Crippen molar-refractivity contribution in [1.82, 2.24) is 25.2 Å². The molecule has 0 aromatic carbocycles. The standard InChI is InChI=1S/C17H27N5O2/c23-16-12-21(7-6-18-16)9-14-10-22(20-19-14)11-15-8-17(13-24-15)4-2-1-3-5-17/h10,15H,1-9,11-13H2,(H,18,23). The minimum Gasteiger partial charge on any atom is -0.376 e. The second-order valence-electron chi connectivity index (χ2n) is 7.69. The molecule has 1 spiro atoms. The molecule has 1 aromatic heterocycles. The largest absolute Gasteiger partial charge is 0.376 e. The number of rotatable bonds is 4. The number of nitrogens with zero attached hydrogens (tertiary/aromatic N) is 4. The first-order valence-corrected chi connectivity index (χ1v) is 9.21. The molecule has 3 aliphatic rings. The van der Waals surface area contributed by atoms with Crippen molar-refractivity contribution in [2.75, 3.05) is 26.2 Å². The zero-order valence-corrected chi connectivity index (χ0v) is 14.2. The number of nitrogens with one attached hydrogen (secondary N) is 1. The fourth-order valence-corrected chi connectivity index (χ4v) is 4.43. The highest BCUT2D eigenvalue weighted by Crippen LogP contribution is 2.45. The van der Waals surface area contributed by atoms with Gasteiger partial charge in [-0.1, -0.05) is 24.5 Å². The quantitative estimate of drug-likeness (QED) is 0.888. The number of hydrogen-bond acceptors (Lipinski definition) is 5. The highest BCUT2D eigenvalue weighted by molar-refractivity contribution is 5.78. The molecule has 0 radical (unpaired) electrons. The maximum Gasteiger partial charge on any atom is 0.234 e. The monoisotopic (exact) mass is 333 g/mol. The summed E-state index contributed by atoms with van der Waals surface area (Å²) in [5, 5.41) is 11.4. The highest BCUT2D eigenvalue weighted by atomic mass is 16.5. The predicted octanol–water partition coefficient (Wildman–Crippen LogP) is 0.949. The van der Waals surface area contributed by atoms with Gasteiger partial charge in [-0.15, -0.1) is 5.10 Å². The predicted molar refractivity (Wildman–Crippen MR) is 88.2 cm³/mol. The first-order chi connectivity index (χ1) is 11.7. The average molecular weight is 333 g/mol. The fourth-order valence-electron chi connectivity index (χ4n) is 4.43. The Bertz CT molecular complexity index is 581. The first-order valence-electron chi connectivity index (χ1n) is 9.21. The lowest BCUT2D eigenvalue weighted by Gasteiger charge is -2.31.